The number of fused-ring (bicyclic) bond motifs is 1. The van der Waals surface area contributed by atoms with Crippen molar-refractivity contribution in [1.82, 2.24) is 0 Å². The highest BCUT2D eigenvalue weighted by Gasteiger charge is 2.20. The number of hydrogen-bond donors (Lipinski definition) is 2. The molecule has 7 heteroatoms. The van der Waals surface area contributed by atoms with Crippen molar-refractivity contribution >= 4 is 38.3 Å². The molecule has 0 atom stereocenters. The van der Waals surface area contributed by atoms with E-state index < -0.39 is 20.9 Å². The second kappa shape index (κ2) is 5.63. The standard InChI is InChI=1S/C14H13NO5S/c1-9(16)8-13(17)15-14-11-5-3-2-4-10(11)6-7-12(14)21(18,19)20/h2-7H,8H2,1H3,(H,15,17)(H,18,19,20). The van der Waals surface area contributed by atoms with Gasteiger partial charge in [-0.2, -0.15) is 8.42 Å². The fourth-order valence-electron chi connectivity index (χ4n) is 2.01. The number of rotatable bonds is 4. The normalized spacial score (nSPS) is 11.3. The van der Waals surface area contributed by atoms with Crippen molar-refractivity contribution < 1.29 is 22.6 Å². The Morgan fingerprint density at radius 3 is 2.43 bits per heavy atom. The molecule has 0 aliphatic rings. The monoisotopic (exact) mass is 307 g/mol. The second-order valence-corrected chi connectivity index (χ2v) is 5.95. The Balaban J connectivity index is 2.62. The van der Waals surface area contributed by atoms with Gasteiger partial charge in [-0.15, -0.1) is 0 Å². The van der Waals surface area contributed by atoms with E-state index in [4.69, 9.17) is 0 Å². The first-order chi connectivity index (χ1) is 9.79. The molecule has 0 saturated heterocycles. The minimum absolute atomic E-state index is 0.0261. The Bertz CT molecular complexity index is 826. The highest BCUT2D eigenvalue weighted by molar-refractivity contribution is 7.86. The second-order valence-electron chi connectivity index (χ2n) is 4.56. The molecule has 2 N–H and O–H groups in total. The van der Waals surface area contributed by atoms with Crippen molar-refractivity contribution in [2.45, 2.75) is 18.2 Å². The van der Waals surface area contributed by atoms with Crippen molar-refractivity contribution in [3.63, 3.8) is 0 Å². The summed E-state index contributed by atoms with van der Waals surface area (Å²) in [6.07, 6.45) is -0.367. The van der Waals surface area contributed by atoms with Crippen molar-refractivity contribution in [3.8, 4) is 0 Å². The smallest absolute Gasteiger partial charge is 0.296 e. The van der Waals surface area contributed by atoms with Gasteiger partial charge >= 0.3 is 0 Å². The third-order valence-electron chi connectivity index (χ3n) is 2.84. The van der Waals surface area contributed by atoms with Crippen molar-refractivity contribution in [1.29, 1.82) is 0 Å². The maximum atomic E-state index is 11.7. The van der Waals surface area contributed by atoms with Crippen LogP contribution in [0.5, 0.6) is 0 Å². The van der Waals surface area contributed by atoms with Crippen LogP contribution >= 0.6 is 0 Å². The Hall–Kier alpha value is -2.25. The van der Waals surface area contributed by atoms with Crippen LogP contribution in [0.3, 0.4) is 0 Å². The van der Waals surface area contributed by atoms with Crippen LogP contribution in [-0.4, -0.2) is 24.7 Å². The van der Waals surface area contributed by atoms with Crippen LogP contribution < -0.4 is 5.32 Å². The maximum absolute atomic E-state index is 11.7. The molecule has 0 aliphatic heterocycles. The largest absolute Gasteiger partial charge is 0.324 e. The molecule has 0 aliphatic carbocycles. The first-order valence-corrected chi connectivity index (χ1v) is 7.51. The molecule has 0 fully saturated rings. The van der Waals surface area contributed by atoms with E-state index in [1.807, 2.05) is 0 Å². The average molecular weight is 307 g/mol. The third-order valence-corrected chi connectivity index (χ3v) is 3.74. The zero-order valence-corrected chi connectivity index (χ0v) is 12.0. The van der Waals surface area contributed by atoms with E-state index in [1.54, 1.807) is 24.3 Å². The molecule has 6 nitrogen and oxygen atoms in total. The third kappa shape index (κ3) is 3.45. The van der Waals surface area contributed by atoms with Crippen molar-refractivity contribution in [2.24, 2.45) is 0 Å². The lowest BCUT2D eigenvalue weighted by Crippen LogP contribution is -2.17. The molecule has 21 heavy (non-hydrogen) atoms. The van der Waals surface area contributed by atoms with Crippen molar-refractivity contribution in [2.75, 3.05) is 5.32 Å². The first-order valence-electron chi connectivity index (χ1n) is 6.07. The summed E-state index contributed by atoms with van der Waals surface area (Å²) < 4.78 is 32.2. The molecule has 110 valence electrons. The fourth-order valence-corrected chi connectivity index (χ4v) is 2.66. The summed E-state index contributed by atoms with van der Waals surface area (Å²) in [5.74, 6) is -0.982. The number of benzene rings is 2. The Labute approximate surface area is 121 Å². The number of Topliss-reactive ketones (excluding diaryl/α,β-unsaturated/α-hetero) is 1. The van der Waals surface area contributed by atoms with Crippen LogP contribution in [0.15, 0.2) is 41.3 Å². The van der Waals surface area contributed by atoms with E-state index in [9.17, 15) is 22.6 Å². The molecule has 0 heterocycles. The van der Waals surface area contributed by atoms with Crippen LogP contribution in [0.2, 0.25) is 0 Å². The Kier molecular flexibility index (Phi) is 4.06. The van der Waals surface area contributed by atoms with E-state index in [0.717, 1.165) is 0 Å². The van der Waals surface area contributed by atoms with Crippen LogP contribution in [0, 0.1) is 0 Å². The van der Waals surface area contributed by atoms with Gasteiger partial charge in [0.25, 0.3) is 10.1 Å². The van der Waals surface area contributed by atoms with Crippen LogP contribution in [-0.2, 0) is 19.7 Å². The van der Waals surface area contributed by atoms with Gasteiger partial charge in [0, 0.05) is 5.39 Å². The molecular weight excluding hydrogens is 294 g/mol. The van der Waals surface area contributed by atoms with Gasteiger partial charge in [-0.1, -0.05) is 30.3 Å². The quantitative estimate of drug-likeness (QED) is 0.664. The van der Waals surface area contributed by atoms with Gasteiger partial charge in [0.15, 0.2) is 0 Å². The van der Waals surface area contributed by atoms with Gasteiger partial charge in [-0.05, 0) is 18.4 Å². The van der Waals surface area contributed by atoms with E-state index in [2.05, 4.69) is 5.32 Å². The highest BCUT2D eigenvalue weighted by atomic mass is 32.2. The van der Waals surface area contributed by atoms with E-state index in [1.165, 1.54) is 19.1 Å². The number of hydrogen-bond acceptors (Lipinski definition) is 4. The Morgan fingerprint density at radius 1 is 1.14 bits per heavy atom. The van der Waals surface area contributed by atoms with E-state index in [0.29, 0.717) is 10.8 Å². The lowest BCUT2D eigenvalue weighted by Gasteiger charge is -2.12. The first kappa shape index (κ1) is 15.1. The van der Waals surface area contributed by atoms with Gasteiger partial charge in [-0.3, -0.25) is 14.1 Å². The minimum atomic E-state index is -4.50. The molecule has 1 amide bonds. The summed E-state index contributed by atoms with van der Waals surface area (Å²) in [4.78, 5) is 22.3. The summed E-state index contributed by atoms with van der Waals surface area (Å²) in [6, 6.07) is 9.53. The molecule has 0 radical (unpaired) electrons. The van der Waals surface area contributed by atoms with E-state index >= 15 is 0 Å². The van der Waals surface area contributed by atoms with Gasteiger partial charge < -0.3 is 5.32 Å². The number of anilines is 1. The summed E-state index contributed by atoms with van der Waals surface area (Å²) in [5.41, 5.74) is -0.0261. The van der Waals surface area contributed by atoms with Crippen molar-refractivity contribution in [3.05, 3.63) is 36.4 Å². The molecule has 0 spiro atoms. The molecule has 2 rings (SSSR count). The number of carbonyl (C=O) groups is 2. The summed E-state index contributed by atoms with van der Waals surface area (Å²) in [5, 5.41) is 3.55. The number of ketones is 1. The lowest BCUT2D eigenvalue weighted by molar-refractivity contribution is -0.124. The molecule has 0 aromatic heterocycles. The lowest BCUT2D eigenvalue weighted by atomic mass is 10.1. The predicted molar refractivity (Wildman–Crippen MR) is 77.7 cm³/mol. The topological polar surface area (TPSA) is 101 Å². The van der Waals surface area contributed by atoms with Gasteiger partial charge in [0.2, 0.25) is 5.91 Å². The van der Waals surface area contributed by atoms with Gasteiger partial charge in [-0.25, -0.2) is 0 Å². The van der Waals surface area contributed by atoms with E-state index in [-0.39, 0.29) is 17.9 Å². The fraction of sp³-hybridized carbons (Fsp3) is 0.143. The van der Waals surface area contributed by atoms with Gasteiger partial charge in [0.05, 0.1) is 12.1 Å². The average Bonchev–Trinajstić information content (AvgIpc) is 2.36. The maximum Gasteiger partial charge on any atom is 0.296 e. The summed E-state index contributed by atoms with van der Waals surface area (Å²) in [7, 11) is -4.50. The number of amides is 1. The SMILES string of the molecule is CC(=O)CC(=O)Nc1c(S(=O)(=O)O)ccc2ccccc12. The Morgan fingerprint density at radius 2 is 1.81 bits per heavy atom. The molecule has 2 aromatic rings. The zero-order valence-electron chi connectivity index (χ0n) is 11.2. The minimum Gasteiger partial charge on any atom is -0.324 e. The molecule has 2 aromatic carbocycles. The number of carbonyl (C=O) groups excluding carboxylic acids is 2. The molecular formula is C14H13NO5S. The summed E-state index contributed by atoms with van der Waals surface area (Å²) in [6.45, 7) is 1.26. The summed E-state index contributed by atoms with van der Waals surface area (Å²) >= 11 is 0. The molecule has 0 saturated carbocycles. The van der Waals surface area contributed by atoms with Crippen LogP contribution in [0.4, 0.5) is 5.69 Å². The van der Waals surface area contributed by atoms with Gasteiger partial charge in [0.1, 0.15) is 10.7 Å². The predicted octanol–water partition coefficient (Wildman–Crippen LogP) is 2.00. The van der Waals surface area contributed by atoms with Crippen LogP contribution in [0.1, 0.15) is 13.3 Å². The zero-order chi connectivity index (χ0) is 15.6. The highest BCUT2D eigenvalue weighted by Crippen LogP contribution is 2.30. The number of nitrogens with one attached hydrogen (secondary N) is 1. The molecule has 0 bridgehead atoms. The molecule has 0 unspecified atom stereocenters. The van der Waals surface area contributed by atoms with Crippen LogP contribution in [0.25, 0.3) is 10.8 Å².